The lowest BCUT2D eigenvalue weighted by atomic mass is 9.84. The first-order valence-electron chi connectivity index (χ1n) is 10.7. The second kappa shape index (κ2) is 8.88. The molecule has 7 nitrogen and oxygen atoms in total. The highest BCUT2D eigenvalue weighted by Crippen LogP contribution is 2.39. The second-order valence-electron chi connectivity index (χ2n) is 8.29. The standard InChI is InChI=1S/C24H27N3O4/c1-17(23(30)26-14-9-18-7-12-25-13-8-18)27-15-11-24(10-6-22(27)29)16-20(28)19-4-2-3-5-21(19)31-24/h2-5,7-8,12-13,17H,6,9-11,14-16H2,1H3,(H,26,30)/t17-,24-/m0/s1. The van der Waals surface area contributed by atoms with Crippen molar-refractivity contribution in [1.29, 1.82) is 0 Å². The predicted molar refractivity (Wildman–Crippen MR) is 115 cm³/mol. The molecule has 2 amide bonds. The molecule has 0 bridgehead atoms. The van der Waals surface area contributed by atoms with Crippen LogP contribution in [0.25, 0.3) is 0 Å². The van der Waals surface area contributed by atoms with Gasteiger partial charge in [-0.3, -0.25) is 19.4 Å². The number of carbonyl (C=O) groups is 3. The Morgan fingerprint density at radius 2 is 1.97 bits per heavy atom. The van der Waals surface area contributed by atoms with E-state index in [1.807, 2.05) is 24.3 Å². The van der Waals surface area contributed by atoms with E-state index in [9.17, 15) is 14.4 Å². The molecule has 31 heavy (non-hydrogen) atoms. The Labute approximate surface area is 181 Å². The molecule has 0 unspecified atom stereocenters. The molecule has 162 valence electrons. The number of ketones is 1. The van der Waals surface area contributed by atoms with Crippen molar-refractivity contribution in [2.24, 2.45) is 0 Å². The third-order valence-electron chi connectivity index (χ3n) is 6.23. The summed E-state index contributed by atoms with van der Waals surface area (Å²) in [7, 11) is 0. The number of nitrogens with zero attached hydrogens (tertiary/aromatic N) is 2. The van der Waals surface area contributed by atoms with Gasteiger partial charge in [-0.25, -0.2) is 0 Å². The molecule has 0 saturated carbocycles. The molecule has 1 aromatic carbocycles. The number of hydrogen-bond donors (Lipinski definition) is 1. The molecule has 1 saturated heterocycles. The molecule has 2 aromatic rings. The molecule has 0 aliphatic carbocycles. The summed E-state index contributed by atoms with van der Waals surface area (Å²) in [5.41, 5.74) is 1.01. The van der Waals surface area contributed by atoms with Crippen LogP contribution in [0.3, 0.4) is 0 Å². The lowest BCUT2D eigenvalue weighted by Crippen LogP contribution is -2.49. The summed E-state index contributed by atoms with van der Waals surface area (Å²) in [4.78, 5) is 43.7. The van der Waals surface area contributed by atoms with Crippen LogP contribution in [-0.2, 0) is 16.0 Å². The number of ether oxygens (including phenoxy) is 1. The van der Waals surface area contributed by atoms with Gasteiger partial charge >= 0.3 is 0 Å². The predicted octanol–water partition coefficient (Wildman–Crippen LogP) is 2.55. The Balaban J connectivity index is 1.37. The van der Waals surface area contributed by atoms with Crippen LogP contribution in [0.15, 0.2) is 48.8 Å². The number of likely N-dealkylation sites (tertiary alicyclic amines) is 1. The highest BCUT2D eigenvalue weighted by Gasteiger charge is 2.44. The van der Waals surface area contributed by atoms with Gasteiger partial charge in [-0.15, -0.1) is 0 Å². The first-order chi connectivity index (χ1) is 15.0. The molecule has 3 heterocycles. The zero-order chi connectivity index (χ0) is 21.8. The van der Waals surface area contributed by atoms with Crippen LogP contribution < -0.4 is 10.1 Å². The van der Waals surface area contributed by atoms with Crippen LogP contribution in [-0.4, -0.2) is 52.2 Å². The van der Waals surface area contributed by atoms with Crippen molar-refractivity contribution in [2.75, 3.05) is 13.1 Å². The fourth-order valence-corrected chi connectivity index (χ4v) is 4.35. The van der Waals surface area contributed by atoms with E-state index in [1.165, 1.54) is 0 Å². The normalized spacial score (nSPS) is 21.8. The van der Waals surface area contributed by atoms with Crippen LogP contribution >= 0.6 is 0 Å². The van der Waals surface area contributed by atoms with Crippen molar-refractivity contribution in [3.63, 3.8) is 0 Å². The van der Waals surface area contributed by atoms with E-state index < -0.39 is 11.6 Å². The van der Waals surface area contributed by atoms with Gasteiger partial charge in [0.2, 0.25) is 11.8 Å². The fraction of sp³-hybridized carbons (Fsp3) is 0.417. The zero-order valence-corrected chi connectivity index (χ0v) is 17.7. The molecule has 2 aliphatic rings. The first kappa shape index (κ1) is 21.0. The maximum atomic E-state index is 12.8. The summed E-state index contributed by atoms with van der Waals surface area (Å²) in [5.74, 6) is 0.374. The van der Waals surface area contributed by atoms with Crippen LogP contribution in [0, 0.1) is 0 Å². The first-order valence-corrected chi connectivity index (χ1v) is 10.7. The van der Waals surface area contributed by atoms with Gasteiger partial charge in [0.15, 0.2) is 5.78 Å². The Morgan fingerprint density at radius 3 is 2.77 bits per heavy atom. The molecule has 0 radical (unpaired) electrons. The third-order valence-corrected chi connectivity index (χ3v) is 6.23. The van der Waals surface area contributed by atoms with Crippen LogP contribution in [0.4, 0.5) is 0 Å². The average molecular weight is 421 g/mol. The van der Waals surface area contributed by atoms with Crippen molar-refractivity contribution >= 4 is 17.6 Å². The molecule has 1 spiro atoms. The molecular weight excluding hydrogens is 394 g/mol. The molecule has 1 N–H and O–H groups in total. The van der Waals surface area contributed by atoms with Gasteiger partial charge in [0.25, 0.3) is 0 Å². The van der Waals surface area contributed by atoms with Crippen LogP contribution in [0.1, 0.15) is 48.5 Å². The van der Waals surface area contributed by atoms with Gasteiger partial charge in [-0.1, -0.05) is 12.1 Å². The topological polar surface area (TPSA) is 88.6 Å². The summed E-state index contributed by atoms with van der Waals surface area (Å²) >= 11 is 0. The summed E-state index contributed by atoms with van der Waals surface area (Å²) in [5, 5.41) is 2.92. The second-order valence-corrected chi connectivity index (χ2v) is 8.29. The Morgan fingerprint density at radius 1 is 1.19 bits per heavy atom. The maximum Gasteiger partial charge on any atom is 0.242 e. The van der Waals surface area contributed by atoms with E-state index in [4.69, 9.17) is 4.74 Å². The number of carbonyl (C=O) groups excluding carboxylic acids is 3. The Hall–Kier alpha value is -3.22. The van der Waals surface area contributed by atoms with Gasteiger partial charge < -0.3 is 15.0 Å². The van der Waals surface area contributed by atoms with Crippen molar-refractivity contribution in [2.45, 2.75) is 50.7 Å². The Kier molecular flexibility index (Phi) is 6.02. The zero-order valence-electron chi connectivity index (χ0n) is 17.7. The van der Waals surface area contributed by atoms with Crippen LogP contribution in [0.2, 0.25) is 0 Å². The van der Waals surface area contributed by atoms with E-state index in [0.29, 0.717) is 43.7 Å². The third kappa shape index (κ3) is 4.60. The van der Waals surface area contributed by atoms with E-state index >= 15 is 0 Å². The van der Waals surface area contributed by atoms with Crippen molar-refractivity contribution in [3.05, 3.63) is 59.9 Å². The fourth-order valence-electron chi connectivity index (χ4n) is 4.35. The number of benzene rings is 1. The summed E-state index contributed by atoms with van der Waals surface area (Å²) < 4.78 is 6.26. The number of fused-ring (bicyclic) bond motifs is 1. The minimum atomic E-state index is -0.687. The molecule has 7 heteroatoms. The molecule has 1 aromatic heterocycles. The minimum Gasteiger partial charge on any atom is -0.486 e. The SMILES string of the molecule is C[C@@H](C(=O)NCCc1ccncc1)N1CC[C@@]2(CCC1=O)CC(=O)c1ccccc1O2. The number of rotatable bonds is 5. The number of para-hydroxylation sites is 1. The van der Waals surface area contributed by atoms with E-state index in [0.717, 1.165) is 5.56 Å². The molecule has 1 fully saturated rings. The summed E-state index contributed by atoms with van der Waals surface area (Å²) in [6.45, 7) is 2.63. The lowest BCUT2D eigenvalue weighted by Gasteiger charge is -2.37. The number of Topliss-reactive ketones (excluding diaryl/α,β-unsaturated/α-hetero) is 1. The van der Waals surface area contributed by atoms with Gasteiger partial charge in [0.1, 0.15) is 17.4 Å². The quantitative estimate of drug-likeness (QED) is 0.802. The maximum absolute atomic E-state index is 12.8. The highest BCUT2D eigenvalue weighted by atomic mass is 16.5. The van der Waals surface area contributed by atoms with Gasteiger partial charge in [-0.2, -0.15) is 0 Å². The summed E-state index contributed by atoms with van der Waals surface area (Å²) in [6.07, 6.45) is 5.66. The lowest BCUT2D eigenvalue weighted by molar-refractivity contribution is -0.139. The average Bonchev–Trinajstić information content (AvgIpc) is 2.93. The number of nitrogens with one attached hydrogen (secondary N) is 1. The number of amides is 2. The van der Waals surface area contributed by atoms with Gasteiger partial charge in [-0.05, 0) is 49.6 Å². The van der Waals surface area contributed by atoms with Crippen molar-refractivity contribution in [1.82, 2.24) is 15.2 Å². The van der Waals surface area contributed by atoms with Gasteiger partial charge in [0, 0.05) is 38.3 Å². The van der Waals surface area contributed by atoms with E-state index in [1.54, 1.807) is 36.4 Å². The van der Waals surface area contributed by atoms with Gasteiger partial charge in [0.05, 0.1) is 12.0 Å². The molecule has 4 rings (SSSR count). The van der Waals surface area contributed by atoms with Crippen LogP contribution in [0.5, 0.6) is 5.75 Å². The van der Waals surface area contributed by atoms with E-state index in [-0.39, 0.29) is 30.4 Å². The smallest absolute Gasteiger partial charge is 0.242 e. The number of aromatic nitrogens is 1. The van der Waals surface area contributed by atoms with Crippen molar-refractivity contribution < 1.29 is 19.1 Å². The molecule has 2 aliphatic heterocycles. The Bertz CT molecular complexity index is 978. The summed E-state index contributed by atoms with van der Waals surface area (Å²) in [6, 6.07) is 10.5. The van der Waals surface area contributed by atoms with Crippen molar-refractivity contribution in [3.8, 4) is 5.75 Å². The van der Waals surface area contributed by atoms with E-state index in [2.05, 4.69) is 10.3 Å². The largest absolute Gasteiger partial charge is 0.486 e. The number of pyridine rings is 1. The molecule has 2 atom stereocenters. The monoisotopic (exact) mass is 421 g/mol. The highest BCUT2D eigenvalue weighted by molar-refractivity contribution is 6.00. The number of hydrogen-bond acceptors (Lipinski definition) is 5. The minimum absolute atomic E-state index is 0.0460. The molecular formula is C24H27N3O4.